The van der Waals surface area contributed by atoms with E-state index in [4.69, 9.17) is 0 Å². The van der Waals surface area contributed by atoms with Crippen LogP contribution in [-0.2, 0) is 0 Å². The van der Waals surface area contributed by atoms with E-state index in [1.165, 1.54) is 0 Å². The maximum atomic E-state index is 2.62. The summed E-state index contributed by atoms with van der Waals surface area (Å²) >= 11 is 2.62. The highest BCUT2D eigenvalue weighted by Gasteiger charge is 2.31. The second-order valence-corrected chi connectivity index (χ2v) is 10.8. The smallest absolute Gasteiger partial charge is 0.00844 e. The van der Waals surface area contributed by atoms with Crippen LogP contribution in [0.3, 0.4) is 0 Å². The van der Waals surface area contributed by atoms with Crippen molar-refractivity contribution >= 4 is 27.6 Å². The maximum absolute atomic E-state index is 2.62. The van der Waals surface area contributed by atoms with Gasteiger partial charge in [0.2, 0.25) is 0 Å². The molecule has 0 rings (SSSR count). The molecule has 0 aromatic heterocycles. The Morgan fingerprint density at radius 2 is 1.00 bits per heavy atom. The van der Waals surface area contributed by atoms with Gasteiger partial charge >= 0.3 is 0 Å². The third-order valence-electron chi connectivity index (χ3n) is 1.18. The molecule has 0 fully saturated rings. The lowest BCUT2D eigenvalue weighted by Gasteiger charge is -2.36. The molecule has 0 nitrogen and oxygen atoms in total. The first-order valence-corrected chi connectivity index (χ1v) is 7.74. The van der Waals surface area contributed by atoms with Crippen molar-refractivity contribution in [3.05, 3.63) is 0 Å². The van der Waals surface area contributed by atoms with Crippen molar-refractivity contribution in [3.8, 4) is 0 Å². The SMILES string of the molecule is CC(C)(C)P(I)C(C)(C)C. The van der Waals surface area contributed by atoms with Gasteiger partial charge in [0.1, 0.15) is 0 Å². The molecule has 0 aliphatic carbocycles. The van der Waals surface area contributed by atoms with Crippen molar-refractivity contribution in [1.29, 1.82) is 0 Å². The summed E-state index contributed by atoms with van der Waals surface area (Å²) in [6.45, 7) is 14.0. The van der Waals surface area contributed by atoms with Crippen LogP contribution in [0.2, 0.25) is 0 Å². The van der Waals surface area contributed by atoms with Crippen molar-refractivity contribution in [2.45, 2.75) is 51.9 Å². The number of hydrogen-bond donors (Lipinski definition) is 0. The summed E-state index contributed by atoms with van der Waals surface area (Å²) in [5, 5.41) is 0.988. The Hall–Kier alpha value is 1.16. The topological polar surface area (TPSA) is 0 Å². The summed E-state index contributed by atoms with van der Waals surface area (Å²) in [4.78, 5) is 0. The van der Waals surface area contributed by atoms with Gasteiger partial charge in [-0.1, -0.05) is 63.6 Å². The Bertz CT molecular complexity index is 93.4. The molecule has 62 valence electrons. The molecule has 0 heterocycles. The third-order valence-corrected chi connectivity index (χ3v) is 12.2. The zero-order chi connectivity index (χ0) is 8.58. The van der Waals surface area contributed by atoms with Gasteiger partial charge in [0.15, 0.2) is 0 Å². The molecule has 0 aliphatic rings. The summed E-state index contributed by atoms with van der Waals surface area (Å²) in [5.74, 6) is 0. The van der Waals surface area contributed by atoms with Gasteiger partial charge in [-0.05, 0) is 15.9 Å². The fourth-order valence-corrected chi connectivity index (χ4v) is 3.02. The van der Waals surface area contributed by atoms with E-state index < -0.39 is 0 Å². The van der Waals surface area contributed by atoms with Crippen LogP contribution in [0.4, 0.5) is 0 Å². The Labute approximate surface area is 79.4 Å². The lowest BCUT2D eigenvalue weighted by Crippen LogP contribution is -2.21. The van der Waals surface area contributed by atoms with Crippen molar-refractivity contribution in [3.63, 3.8) is 0 Å². The lowest BCUT2D eigenvalue weighted by molar-refractivity contribution is 0.723. The van der Waals surface area contributed by atoms with Gasteiger partial charge in [-0.15, -0.1) is 0 Å². The lowest BCUT2D eigenvalue weighted by atomic mass is 10.2. The molecule has 0 spiro atoms. The highest BCUT2D eigenvalue weighted by molar-refractivity contribution is 14.2. The monoisotopic (exact) mass is 272 g/mol. The fraction of sp³-hybridized carbons (Fsp3) is 1.00. The Balaban J connectivity index is 4.23. The van der Waals surface area contributed by atoms with Crippen LogP contribution < -0.4 is 0 Å². The summed E-state index contributed by atoms with van der Waals surface area (Å²) in [7, 11) is 0. The van der Waals surface area contributed by atoms with Gasteiger partial charge in [-0.3, -0.25) is 0 Å². The number of halogens is 1. The van der Waals surface area contributed by atoms with Crippen molar-refractivity contribution < 1.29 is 0 Å². The van der Waals surface area contributed by atoms with E-state index in [0.717, 1.165) is 0 Å². The van der Waals surface area contributed by atoms with E-state index in [1.807, 2.05) is 0 Å². The van der Waals surface area contributed by atoms with Crippen LogP contribution in [0.25, 0.3) is 0 Å². The average molecular weight is 272 g/mol. The third kappa shape index (κ3) is 3.52. The molecule has 0 aromatic carbocycles. The van der Waals surface area contributed by atoms with Crippen LogP contribution in [0, 0.1) is 0 Å². The van der Waals surface area contributed by atoms with E-state index in [2.05, 4.69) is 63.6 Å². The Morgan fingerprint density at radius 3 is 1.00 bits per heavy atom. The molecule has 0 radical (unpaired) electrons. The summed E-state index contributed by atoms with van der Waals surface area (Å²) in [5.41, 5.74) is 0.107. The van der Waals surface area contributed by atoms with Gasteiger partial charge in [0.25, 0.3) is 0 Å². The highest BCUT2D eigenvalue weighted by atomic mass is 127. The molecular formula is C8H18IP. The number of rotatable bonds is 0. The minimum absolute atomic E-state index is 0.107. The summed E-state index contributed by atoms with van der Waals surface area (Å²) < 4.78 is 0. The molecule has 10 heavy (non-hydrogen) atoms. The molecular weight excluding hydrogens is 254 g/mol. The predicted octanol–water partition coefficient (Wildman–Crippen LogP) is 4.42. The molecule has 2 heteroatoms. The molecule has 0 saturated carbocycles. The second kappa shape index (κ2) is 3.26. The molecule has 0 atom stereocenters. The molecule has 0 unspecified atom stereocenters. The second-order valence-electron chi connectivity index (χ2n) is 4.62. The first-order valence-electron chi connectivity index (χ1n) is 3.62. The quantitative estimate of drug-likeness (QED) is 0.452. The van der Waals surface area contributed by atoms with Gasteiger partial charge in [-0.25, -0.2) is 0 Å². The first-order chi connectivity index (χ1) is 4.15. The minimum atomic E-state index is 0.107. The van der Waals surface area contributed by atoms with Crippen LogP contribution in [0.1, 0.15) is 41.5 Å². The van der Waals surface area contributed by atoms with E-state index >= 15 is 0 Å². The minimum Gasteiger partial charge on any atom is -0.0555 e. The van der Waals surface area contributed by atoms with E-state index in [1.54, 1.807) is 0 Å². The zero-order valence-corrected chi connectivity index (χ0v) is 10.9. The largest absolute Gasteiger partial charge is 0.0555 e. The predicted molar refractivity (Wildman–Crippen MR) is 60.4 cm³/mol. The van der Waals surface area contributed by atoms with Crippen molar-refractivity contribution in [2.24, 2.45) is 0 Å². The van der Waals surface area contributed by atoms with Gasteiger partial charge in [-0.2, -0.15) is 0 Å². The first kappa shape index (κ1) is 11.2. The van der Waals surface area contributed by atoms with Gasteiger partial charge < -0.3 is 0 Å². The van der Waals surface area contributed by atoms with Crippen molar-refractivity contribution in [2.75, 3.05) is 0 Å². The average Bonchev–Trinajstić information content (AvgIpc) is 1.59. The van der Waals surface area contributed by atoms with E-state index in [0.29, 0.717) is 10.3 Å². The van der Waals surface area contributed by atoms with Crippen LogP contribution in [0.5, 0.6) is 0 Å². The summed E-state index contributed by atoms with van der Waals surface area (Å²) in [6, 6.07) is 0. The Kier molecular flexibility index (Phi) is 3.64. The van der Waals surface area contributed by atoms with Crippen molar-refractivity contribution in [1.82, 2.24) is 0 Å². The van der Waals surface area contributed by atoms with Gasteiger partial charge in [0.05, 0.1) is 0 Å². The Morgan fingerprint density at radius 1 is 0.800 bits per heavy atom. The van der Waals surface area contributed by atoms with E-state index in [9.17, 15) is 0 Å². The highest BCUT2D eigenvalue weighted by Crippen LogP contribution is 2.65. The van der Waals surface area contributed by atoms with Gasteiger partial charge in [0, 0.05) is 0 Å². The number of hydrogen-bond acceptors (Lipinski definition) is 0. The molecule has 0 aliphatic heterocycles. The van der Waals surface area contributed by atoms with Crippen LogP contribution >= 0.6 is 27.6 Å². The normalized spacial score (nSPS) is 14.4. The van der Waals surface area contributed by atoms with Crippen LogP contribution in [0.15, 0.2) is 0 Å². The summed E-state index contributed by atoms with van der Waals surface area (Å²) in [6.07, 6.45) is 0. The maximum Gasteiger partial charge on any atom is -0.00844 e. The molecule has 0 saturated heterocycles. The van der Waals surface area contributed by atoms with Crippen LogP contribution in [-0.4, -0.2) is 10.3 Å². The zero-order valence-electron chi connectivity index (χ0n) is 7.83. The standard InChI is InChI=1S/C8H18IP/c1-7(2,3)10(9)8(4,5)6/h1-6H3. The molecule has 0 aromatic rings. The molecule has 0 N–H and O–H groups in total. The van der Waals surface area contributed by atoms with E-state index in [-0.39, 0.29) is 5.56 Å². The molecule has 0 amide bonds. The molecule has 0 bridgehead atoms. The fourth-order valence-electron chi connectivity index (χ4n) is 1.01.